The maximum Gasteiger partial charge on any atom is 0.135 e. The van der Waals surface area contributed by atoms with Crippen LogP contribution >= 0.6 is 0 Å². The van der Waals surface area contributed by atoms with Crippen molar-refractivity contribution in [2.75, 3.05) is 0 Å². The molecular formula is C28H26O. The molecule has 144 valence electrons. The van der Waals surface area contributed by atoms with E-state index in [-0.39, 0.29) is 0 Å². The lowest BCUT2D eigenvalue weighted by Gasteiger charge is -2.57. The molecule has 4 bridgehead atoms. The largest absolute Gasteiger partial charge is 0.456 e. The van der Waals surface area contributed by atoms with Crippen LogP contribution < -0.4 is 0 Å². The standard InChI is InChI=1S/C28H26O/c1-2-4-26-24(3-1)25-14-22(7-10-27(25)29-26)21-5-8-23(9-6-21)28-15-18-11-19(16-28)13-20(12-18)17-28/h1-10,14,18-20H,11-13,15-17H2. The van der Waals surface area contributed by atoms with Gasteiger partial charge in [0.05, 0.1) is 0 Å². The normalized spacial score (nSPS) is 30.4. The molecular weight excluding hydrogens is 352 g/mol. The summed E-state index contributed by atoms with van der Waals surface area (Å²) in [7, 11) is 0. The minimum absolute atomic E-state index is 0.484. The number of para-hydroxylation sites is 1. The maximum absolute atomic E-state index is 6.00. The lowest BCUT2D eigenvalue weighted by Crippen LogP contribution is -2.48. The Morgan fingerprint density at radius 1 is 0.621 bits per heavy atom. The third-order valence-corrected chi connectivity index (χ3v) is 8.25. The summed E-state index contributed by atoms with van der Waals surface area (Å²) in [5.74, 6) is 2.99. The van der Waals surface area contributed by atoms with Crippen LogP contribution in [-0.2, 0) is 5.41 Å². The van der Waals surface area contributed by atoms with Crippen molar-refractivity contribution in [1.29, 1.82) is 0 Å². The highest BCUT2D eigenvalue weighted by Gasteiger charge is 2.51. The average Bonchev–Trinajstić information content (AvgIpc) is 3.11. The summed E-state index contributed by atoms with van der Waals surface area (Å²) in [6, 6.07) is 24.5. The molecule has 1 aromatic heterocycles. The molecule has 1 nitrogen and oxygen atoms in total. The van der Waals surface area contributed by atoms with Crippen LogP contribution in [0.4, 0.5) is 0 Å². The molecule has 1 heterocycles. The van der Waals surface area contributed by atoms with Gasteiger partial charge in [-0.15, -0.1) is 0 Å². The van der Waals surface area contributed by atoms with Crippen molar-refractivity contribution in [1.82, 2.24) is 0 Å². The Morgan fingerprint density at radius 3 is 1.97 bits per heavy atom. The molecule has 0 aliphatic heterocycles. The van der Waals surface area contributed by atoms with Gasteiger partial charge in [-0.3, -0.25) is 0 Å². The zero-order valence-electron chi connectivity index (χ0n) is 16.7. The molecule has 4 saturated carbocycles. The Bertz CT molecular complexity index is 1190. The van der Waals surface area contributed by atoms with E-state index in [2.05, 4.69) is 60.7 Å². The van der Waals surface area contributed by atoms with E-state index in [0.717, 1.165) is 28.9 Å². The molecule has 0 spiro atoms. The van der Waals surface area contributed by atoms with Gasteiger partial charge in [0.25, 0.3) is 0 Å². The number of rotatable bonds is 2. The summed E-state index contributed by atoms with van der Waals surface area (Å²) in [4.78, 5) is 0. The molecule has 1 heteroatoms. The minimum atomic E-state index is 0.484. The number of furan rings is 1. The van der Waals surface area contributed by atoms with Crippen molar-refractivity contribution in [3.05, 3.63) is 72.3 Å². The van der Waals surface area contributed by atoms with Gasteiger partial charge < -0.3 is 4.42 Å². The molecule has 4 fully saturated rings. The highest BCUT2D eigenvalue weighted by molar-refractivity contribution is 6.06. The first-order valence-electron chi connectivity index (χ1n) is 11.3. The van der Waals surface area contributed by atoms with Crippen LogP contribution in [0.25, 0.3) is 33.1 Å². The molecule has 0 atom stereocenters. The molecule has 8 rings (SSSR count). The fourth-order valence-corrected chi connectivity index (χ4v) is 7.39. The van der Waals surface area contributed by atoms with E-state index in [1.807, 2.05) is 6.07 Å². The third kappa shape index (κ3) is 2.40. The summed E-state index contributed by atoms with van der Waals surface area (Å²) < 4.78 is 6.00. The lowest BCUT2D eigenvalue weighted by molar-refractivity contribution is -0.00518. The fourth-order valence-electron chi connectivity index (χ4n) is 7.39. The van der Waals surface area contributed by atoms with Gasteiger partial charge in [0.1, 0.15) is 11.2 Å². The first kappa shape index (κ1) is 16.3. The summed E-state index contributed by atoms with van der Waals surface area (Å²) in [5, 5.41) is 2.41. The first-order valence-corrected chi connectivity index (χ1v) is 11.3. The van der Waals surface area contributed by atoms with Gasteiger partial charge in [-0.1, -0.05) is 48.5 Å². The Kier molecular flexibility index (Phi) is 3.23. The van der Waals surface area contributed by atoms with Gasteiger partial charge >= 0.3 is 0 Å². The Hall–Kier alpha value is -2.54. The van der Waals surface area contributed by atoms with Crippen LogP contribution in [0.5, 0.6) is 0 Å². The van der Waals surface area contributed by atoms with Crippen LogP contribution in [0.1, 0.15) is 44.1 Å². The zero-order chi connectivity index (χ0) is 19.0. The van der Waals surface area contributed by atoms with Gasteiger partial charge in [0.15, 0.2) is 0 Å². The molecule has 4 aromatic rings. The van der Waals surface area contributed by atoms with Crippen LogP contribution in [0.3, 0.4) is 0 Å². The lowest BCUT2D eigenvalue weighted by atomic mass is 9.48. The minimum Gasteiger partial charge on any atom is -0.456 e. The second-order valence-corrected chi connectivity index (χ2v) is 10.1. The summed E-state index contributed by atoms with van der Waals surface area (Å²) in [5.41, 5.74) is 6.62. The van der Waals surface area contributed by atoms with E-state index in [4.69, 9.17) is 4.42 Å². The zero-order valence-corrected chi connectivity index (χ0v) is 16.7. The predicted molar refractivity (Wildman–Crippen MR) is 119 cm³/mol. The smallest absolute Gasteiger partial charge is 0.135 e. The van der Waals surface area contributed by atoms with Crippen molar-refractivity contribution in [3.63, 3.8) is 0 Å². The van der Waals surface area contributed by atoms with E-state index >= 15 is 0 Å². The maximum atomic E-state index is 6.00. The van der Waals surface area contributed by atoms with Crippen molar-refractivity contribution in [2.45, 2.75) is 43.9 Å². The second-order valence-electron chi connectivity index (χ2n) is 10.1. The molecule has 3 aromatic carbocycles. The first-order chi connectivity index (χ1) is 14.3. The fraction of sp³-hybridized carbons (Fsp3) is 0.357. The quantitative estimate of drug-likeness (QED) is 0.348. The van der Waals surface area contributed by atoms with Crippen molar-refractivity contribution in [3.8, 4) is 11.1 Å². The van der Waals surface area contributed by atoms with Gasteiger partial charge in [-0.05, 0) is 96.6 Å². The summed E-state index contributed by atoms with van der Waals surface area (Å²) in [6.45, 7) is 0. The SMILES string of the molecule is c1ccc2c(c1)oc1ccc(-c3ccc(C45CC6CC(CC(C6)C4)C5)cc3)cc12. The van der Waals surface area contributed by atoms with Gasteiger partial charge in [0.2, 0.25) is 0 Å². The summed E-state index contributed by atoms with van der Waals surface area (Å²) in [6.07, 6.45) is 8.84. The molecule has 4 aliphatic rings. The van der Waals surface area contributed by atoms with Crippen molar-refractivity contribution in [2.24, 2.45) is 17.8 Å². The third-order valence-electron chi connectivity index (χ3n) is 8.25. The van der Waals surface area contributed by atoms with E-state index in [1.54, 1.807) is 5.56 Å². The molecule has 29 heavy (non-hydrogen) atoms. The van der Waals surface area contributed by atoms with Crippen LogP contribution in [0.2, 0.25) is 0 Å². The Labute approximate surface area is 171 Å². The van der Waals surface area contributed by atoms with E-state index in [0.29, 0.717) is 5.41 Å². The number of hydrogen-bond donors (Lipinski definition) is 0. The molecule has 4 aliphatic carbocycles. The number of hydrogen-bond acceptors (Lipinski definition) is 1. The van der Waals surface area contributed by atoms with E-state index in [9.17, 15) is 0 Å². The Morgan fingerprint density at radius 2 is 1.24 bits per heavy atom. The monoisotopic (exact) mass is 378 g/mol. The van der Waals surface area contributed by atoms with Crippen molar-refractivity contribution >= 4 is 21.9 Å². The van der Waals surface area contributed by atoms with Crippen LogP contribution in [0, 0.1) is 17.8 Å². The van der Waals surface area contributed by atoms with Gasteiger partial charge in [0, 0.05) is 10.8 Å². The molecule has 0 N–H and O–H groups in total. The summed E-state index contributed by atoms with van der Waals surface area (Å²) >= 11 is 0. The predicted octanol–water partition coefficient (Wildman–Crippen LogP) is 7.72. The Balaban J connectivity index is 1.27. The molecule has 0 amide bonds. The van der Waals surface area contributed by atoms with Crippen molar-refractivity contribution < 1.29 is 4.42 Å². The topological polar surface area (TPSA) is 13.1 Å². The average molecular weight is 379 g/mol. The van der Waals surface area contributed by atoms with Crippen LogP contribution in [-0.4, -0.2) is 0 Å². The molecule has 0 radical (unpaired) electrons. The number of benzene rings is 3. The molecule has 0 saturated heterocycles. The number of fused-ring (bicyclic) bond motifs is 3. The van der Waals surface area contributed by atoms with Crippen LogP contribution in [0.15, 0.2) is 71.1 Å². The van der Waals surface area contributed by atoms with E-state index in [1.165, 1.54) is 60.4 Å². The molecule has 0 unspecified atom stereocenters. The van der Waals surface area contributed by atoms with Gasteiger partial charge in [-0.2, -0.15) is 0 Å². The van der Waals surface area contributed by atoms with Gasteiger partial charge in [-0.25, -0.2) is 0 Å². The highest BCUT2D eigenvalue weighted by atomic mass is 16.3. The second kappa shape index (κ2) is 5.75. The van der Waals surface area contributed by atoms with E-state index < -0.39 is 0 Å². The highest BCUT2D eigenvalue weighted by Crippen LogP contribution is 2.60.